The van der Waals surface area contributed by atoms with Crippen molar-refractivity contribution in [2.75, 3.05) is 0 Å². The highest BCUT2D eigenvalue weighted by atomic mass is 16.5. The topological polar surface area (TPSA) is 55.0 Å². The molecule has 1 heterocycles. The lowest BCUT2D eigenvalue weighted by Crippen LogP contribution is -2.09. The van der Waals surface area contributed by atoms with Gasteiger partial charge in [0.25, 0.3) is 0 Å². The fraction of sp³-hybridized carbons (Fsp3) is 0.385. The van der Waals surface area contributed by atoms with Gasteiger partial charge in [-0.3, -0.25) is 4.79 Å². The Hall–Kier alpha value is -2.20. The van der Waals surface area contributed by atoms with Crippen LogP contribution in [0.5, 0.6) is 0 Å². The van der Waals surface area contributed by atoms with Gasteiger partial charge in [-0.1, -0.05) is 12.8 Å². The van der Waals surface area contributed by atoms with Crippen LogP contribution in [0.3, 0.4) is 0 Å². The van der Waals surface area contributed by atoms with Crippen LogP contribution in [0.25, 0.3) is 0 Å². The second-order valence-electron chi connectivity index (χ2n) is 3.57. The number of aromatic nitrogens is 1. The first-order valence-corrected chi connectivity index (χ1v) is 5.39. The number of esters is 1. The van der Waals surface area contributed by atoms with Gasteiger partial charge in [-0.2, -0.15) is 5.26 Å². The van der Waals surface area contributed by atoms with Gasteiger partial charge in [0.1, 0.15) is 6.07 Å². The van der Waals surface area contributed by atoms with E-state index in [1.54, 1.807) is 23.0 Å². The molecule has 0 saturated carbocycles. The van der Waals surface area contributed by atoms with Crippen molar-refractivity contribution in [1.29, 1.82) is 5.26 Å². The normalized spacial score (nSPS) is 11.2. The van der Waals surface area contributed by atoms with Gasteiger partial charge in [-0.05, 0) is 12.5 Å². The van der Waals surface area contributed by atoms with E-state index < -0.39 is 6.10 Å². The Balaban J connectivity index is 2.70. The predicted molar refractivity (Wildman–Crippen MR) is 62.6 cm³/mol. The highest BCUT2D eigenvalue weighted by Gasteiger charge is 2.16. The first-order valence-electron chi connectivity index (χ1n) is 5.39. The molecule has 88 valence electrons. The number of nitrogens with zero attached hydrogens (tertiary/aromatic N) is 2. The molecule has 0 aromatic carbocycles. The van der Waals surface area contributed by atoms with E-state index in [2.05, 4.69) is 5.92 Å². The maximum absolute atomic E-state index is 11.3. The highest BCUT2D eigenvalue weighted by Crippen LogP contribution is 2.18. The molecular weight excluding hydrogens is 216 g/mol. The molecular formula is C13H14N2O2. The summed E-state index contributed by atoms with van der Waals surface area (Å²) in [6.45, 7) is 2.31. The molecule has 1 atom stereocenters. The van der Waals surface area contributed by atoms with Crippen molar-refractivity contribution in [3.05, 3.63) is 24.0 Å². The standard InChI is InChI=1S/C13H14N2O2/c1-3-5-13(16)17-12(9-14)11-6-8-15(10-11)7-4-2/h2,6,8,10,12H,3,5,7H2,1H3. The molecule has 17 heavy (non-hydrogen) atoms. The molecule has 1 aromatic rings. The third kappa shape index (κ3) is 3.70. The molecule has 0 aliphatic rings. The van der Waals surface area contributed by atoms with E-state index in [0.29, 0.717) is 24.9 Å². The van der Waals surface area contributed by atoms with Crippen molar-refractivity contribution in [3.8, 4) is 18.4 Å². The van der Waals surface area contributed by atoms with Gasteiger partial charge < -0.3 is 9.30 Å². The van der Waals surface area contributed by atoms with Crippen LogP contribution in [0.2, 0.25) is 0 Å². The van der Waals surface area contributed by atoms with E-state index in [-0.39, 0.29) is 5.97 Å². The van der Waals surface area contributed by atoms with Gasteiger partial charge in [-0.15, -0.1) is 6.42 Å². The summed E-state index contributed by atoms with van der Waals surface area (Å²) in [7, 11) is 0. The zero-order valence-corrected chi connectivity index (χ0v) is 9.72. The van der Waals surface area contributed by atoms with Crippen LogP contribution in [0, 0.1) is 23.7 Å². The zero-order valence-electron chi connectivity index (χ0n) is 9.72. The van der Waals surface area contributed by atoms with Gasteiger partial charge in [0.05, 0.1) is 6.54 Å². The Morgan fingerprint density at radius 3 is 3.06 bits per heavy atom. The fourth-order valence-electron chi connectivity index (χ4n) is 1.38. The Kier molecular flexibility index (Phi) is 4.84. The SMILES string of the molecule is C#CCn1ccc(C(C#N)OC(=O)CCC)c1. The van der Waals surface area contributed by atoms with Crippen molar-refractivity contribution in [3.63, 3.8) is 0 Å². The molecule has 0 aliphatic carbocycles. The molecule has 0 radical (unpaired) electrons. The molecule has 0 bridgehead atoms. The number of carbonyl (C=O) groups is 1. The lowest BCUT2D eigenvalue weighted by Gasteiger charge is -2.08. The van der Waals surface area contributed by atoms with Crippen LogP contribution in [-0.4, -0.2) is 10.5 Å². The molecule has 0 aliphatic heterocycles. The molecule has 0 N–H and O–H groups in total. The van der Waals surface area contributed by atoms with Crippen molar-refractivity contribution in [2.24, 2.45) is 0 Å². The van der Waals surface area contributed by atoms with Crippen LogP contribution < -0.4 is 0 Å². The number of terminal acetylenes is 1. The number of hydrogen-bond donors (Lipinski definition) is 0. The molecule has 1 aromatic heterocycles. The molecule has 1 unspecified atom stereocenters. The maximum Gasteiger partial charge on any atom is 0.307 e. The van der Waals surface area contributed by atoms with E-state index in [0.717, 1.165) is 0 Å². The number of carbonyl (C=O) groups excluding carboxylic acids is 1. The van der Waals surface area contributed by atoms with Crippen molar-refractivity contribution in [1.82, 2.24) is 4.57 Å². The fourth-order valence-corrected chi connectivity index (χ4v) is 1.38. The van der Waals surface area contributed by atoms with E-state index in [9.17, 15) is 4.79 Å². The Labute approximate surface area is 101 Å². The zero-order chi connectivity index (χ0) is 12.7. The minimum Gasteiger partial charge on any atom is -0.442 e. The van der Waals surface area contributed by atoms with Gasteiger partial charge in [0.15, 0.2) is 0 Å². The second kappa shape index (κ2) is 6.40. The summed E-state index contributed by atoms with van der Waals surface area (Å²) in [6, 6.07) is 3.68. The molecule has 0 spiro atoms. The van der Waals surface area contributed by atoms with Crippen LogP contribution in [0.15, 0.2) is 18.5 Å². The molecule has 4 nitrogen and oxygen atoms in total. The Morgan fingerprint density at radius 2 is 2.47 bits per heavy atom. The first-order chi connectivity index (χ1) is 8.21. The lowest BCUT2D eigenvalue weighted by molar-refractivity contribution is -0.146. The Morgan fingerprint density at radius 1 is 1.71 bits per heavy atom. The van der Waals surface area contributed by atoms with Gasteiger partial charge in [-0.25, -0.2) is 0 Å². The Bertz CT molecular complexity index is 462. The minimum atomic E-state index is -0.854. The van der Waals surface area contributed by atoms with E-state index in [1.807, 2.05) is 13.0 Å². The predicted octanol–water partition coefficient (Wildman–Crippen LogP) is 2.03. The minimum absolute atomic E-state index is 0.323. The summed E-state index contributed by atoms with van der Waals surface area (Å²) >= 11 is 0. The number of ether oxygens (including phenoxy) is 1. The molecule has 1 rings (SSSR count). The monoisotopic (exact) mass is 230 g/mol. The summed E-state index contributed by atoms with van der Waals surface area (Å²) in [5, 5.41) is 8.96. The third-order valence-corrected chi connectivity index (χ3v) is 2.17. The summed E-state index contributed by atoms with van der Waals surface area (Å²) in [5.74, 6) is 2.13. The van der Waals surface area contributed by atoms with Crippen molar-refractivity contribution in [2.45, 2.75) is 32.4 Å². The first kappa shape index (κ1) is 12.9. The average Bonchev–Trinajstić information content (AvgIpc) is 2.75. The molecule has 4 heteroatoms. The molecule has 0 fully saturated rings. The summed E-state index contributed by atoms with van der Waals surface area (Å²) in [5.41, 5.74) is 0.646. The maximum atomic E-state index is 11.3. The van der Waals surface area contributed by atoms with Crippen LogP contribution in [0.4, 0.5) is 0 Å². The second-order valence-corrected chi connectivity index (χ2v) is 3.57. The van der Waals surface area contributed by atoms with Gasteiger partial charge >= 0.3 is 5.97 Å². The number of nitriles is 1. The smallest absolute Gasteiger partial charge is 0.307 e. The van der Waals surface area contributed by atoms with E-state index in [1.165, 1.54) is 0 Å². The van der Waals surface area contributed by atoms with Crippen molar-refractivity contribution >= 4 is 5.97 Å². The third-order valence-electron chi connectivity index (χ3n) is 2.17. The molecule has 0 amide bonds. The number of rotatable bonds is 5. The van der Waals surface area contributed by atoms with Crippen LogP contribution in [0.1, 0.15) is 31.4 Å². The summed E-state index contributed by atoms with van der Waals surface area (Å²) in [4.78, 5) is 11.3. The average molecular weight is 230 g/mol. The van der Waals surface area contributed by atoms with Crippen LogP contribution >= 0.6 is 0 Å². The van der Waals surface area contributed by atoms with Gasteiger partial charge in [0.2, 0.25) is 6.10 Å². The molecule has 0 saturated heterocycles. The van der Waals surface area contributed by atoms with E-state index in [4.69, 9.17) is 16.4 Å². The van der Waals surface area contributed by atoms with Crippen LogP contribution in [-0.2, 0) is 16.1 Å². The van der Waals surface area contributed by atoms with Crippen molar-refractivity contribution < 1.29 is 9.53 Å². The summed E-state index contributed by atoms with van der Waals surface area (Å²) < 4.78 is 6.81. The summed E-state index contributed by atoms with van der Waals surface area (Å²) in [6.07, 6.45) is 8.82. The van der Waals surface area contributed by atoms with E-state index >= 15 is 0 Å². The highest BCUT2D eigenvalue weighted by molar-refractivity contribution is 5.69. The lowest BCUT2D eigenvalue weighted by atomic mass is 10.2. The van der Waals surface area contributed by atoms with Gasteiger partial charge in [0, 0.05) is 24.4 Å². The number of hydrogen-bond acceptors (Lipinski definition) is 3. The quantitative estimate of drug-likeness (QED) is 0.574. The largest absolute Gasteiger partial charge is 0.442 e.